The van der Waals surface area contributed by atoms with Crippen molar-refractivity contribution in [3.63, 3.8) is 0 Å². The van der Waals surface area contributed by atoms with E-state index in [0.717, 1.165) is 16.7 Å². The van der Waals surface area contributed by atoms with Gasteiger partial charge >= 0.3 is 11.9 Å². The highest BCUT2D eigenvalue weighted by atomic mass is 35.5. The highest BCUT2D eigenvalue weighted by Crippen LogP contribution is 2.38. The molecule has 5 nitrogen and oxygen atoms in total. The normalized spacial score (nSPS) is 14.1. The standard InChI is InChI=1S/C23H22ClNO4/c1-15-7-6-9-16(11-15)21-18(22(26)28-2)13-25(14-19(21)23(27)29-3)12-17-8-4-5-10-20(17)24/h4-11,13-14,21H,12H2,1-3H3. The van der Waals surface area contributed by atoms with E-state index in [4.69, 9.17) is 21.1 Å². The summed E-state index contributed by atoms with van der Waals surface area (Å²) in [6.07, 6.45) is 3.41. The minimum Gasteiger partial charge on any atom is -0.466 e. The van der Waals surface area contributed by atoms with Gasteiger partial charge in [-0.1, -0.05) is 59.6 Å². The molecule has 0 saturated heterocycles. The third-order valence-electron chi connectivity index (χ3n) is 4.76. The predicted molar refractivity (Wildman–Crippen MR) is 111 cm³/mol. The van der Waals surface area contributed by atoms with Crippen LogP contribution in [0.25, 0.3) is 0 Å². The van der Waals surface area contributed by atoms with Gasteiger partial charge in [-0.3, -0.25) is 0 Å². The van der Waals surface area contributed by atoms with Crippen molar-refractivity contribution in [3.8, 4) is 0 Å². The van der Waals surface area contributed by atoms with Gasteiger partial charge in [0.25, 0.3) is 0 Å². The first-order valence-corrected chi connectivity index (χ1v) is 9.48. The Morgan fingerprint density at radius 1 is 0.966 bits per heavy atom. The van der Waals surface area contributed by atoms with Gasteiger partial charge in [-0.05, 0) is 24.1 Å². The van der Waals surface area contributed by atoms with Gasteiger partial charge in [0.1, 0.15) is 0 Å². The molecule has 0 amide bonds. The van der Waals surface area contributed by atoms with E-state index < -0.39 is 17.9 Å². The van der Waals surface area contributed by atoms with Crippen molar-refractivity contribution in [3.05, 3.63) is 93.8 Å². The molecule has 2 aromatic rings. The Hall–Kier alpha value is -3.05. The van der Waals surface area contributed by atoms with Gasteiger partial charge in [0.2, 0.25) is 0 Å². The second-order valence-corrected chi connectivity index (χ2v) is 7.17. The number of benzene rings is 2. The lowest BCUT2D eigenvalue weighted by Gasteiger charge is -2.30. The summed E-state index contributed by atoms with van der Waals surface area (Å²) in [5.74, 6) is -1.59. The van der Waals surface area contributed by atoms with Gasteiger partial charge in [-0.2, -0.15) is 0 Å². The highest BCUT2D eigenvalue weighted by Gasteiger charge is 2.35. The van der Waals surface area contributed by atoms with Crippen molar-refractivity contribution in [1.29, 1.82) is 0 Å². The molecule has 0 aliphatic carbocycles. The highest BCUT2D eigenvalue weighted by molar-refractivity contribution is 6.31. The summed E-state index contributed by atoms with van der Waals surface area (Å²) in [5.41, 5.74) is 3.41. The molecule has 1 aliphatic rings. The Kier molecular flexibility index (Phi) is 6.39. The monoisotopic (exact) mass is 411 g/mol. The third kappa shape index (κ3) is 4.51. The van der Waals surface area contributed by atoms with Crippen LogP contribution in [0.15, 0.2) is 72.1 Å². The molecule has 0 radical (unpaired) electrons. The van der Waals surface area contributed by atoms with Crippen LogP contribution in [-0.4, -0.2) is 31.1 Å². The van der Waals surface area contributed by atoms with E-state index in [1.807, 2.05) is 49.4 Å². The Morgan fingerprint density at radius 3 is 2.14 bits per heavy atom. The van der Waals surface area contributed by atoms with Crippen molar-refractivity contribution >= 4 is 23.5 Å². The van der Waals surface area contributed by atoms with Crippen LogP contribution in [0, 0.1) is 6.92 Å². The molecule has 0 unspecified atom stereocenters. The minimum absolute atomic E-state index is 0.355. The van der Waals surface area contributed by atoms with Crippen LogP contribution in [-0.2, 0) is 25.6 Å². The molecule has 0 saturated carbocycles. The van der Waals surface area contributed by atoms with Crippen molar-refractivity contribution in [2.24, 2.45) is 0 Å². The first-order valence-electron chi connectivity index (χ1n) is 9.10. The SMILES string of the molecule is COC(=O)C1=CN(Cc2ccccc2Cl)C=C(C(=O)OC)C1c1cccc(C)c1. The van der Waals surface area contributed by atoms with Crippen molar-refractivity contribution in [2.45, 2.75) is 19.4 Å². The Balaban J connectivity index is 2.10. The number of hydrogen-bond acceptors (Lipinski definition) is 5. The maximum Gasteiger partial charge on any atom is 0.336 e. The average Bonchev–Trinajstić information content (AvgIpc) is 2.73. The van der Waals surface area contributed by atoms with Crippen molar-refractivity contribution in [1.82, 2.24) is 4.90 Å². The zero-order valence-electron chi connectivity index (χ0n) is 16.5. The van der Waals surface area contributed by atoms with Crippen LogP contribution >= 0.6 is 11.6 Å². The molecule has 0 aromatic heterocycles. The van der Waals surface area contributed by atoms with E-state index in [9.17, 15) is 9.59 Å². The summed E-state index contributed by atoms with van der Waals surface area (Å²) < 4.78 is 10.0. The predicted octanol–water partition coefficient (Wildman–Crippen LogP) is 4.36. The van der Waals surface area contributed by atoms with E-state index >= 15 is 0 Å². The number of ether oxygens (including phenoxy) is 2. The molecule has 29 heavy (non-hydrogen) atoms. The minimum atomic E-state index is -0.586. The van der Waals surface area contributed by atoms with Crippen LogP contribution in [0.5, 0.6) is 0 Å². The number of carbonyl (C=O) groups is 2. The second kappa shape index (κ2) is 8.97. The molecule has 6 heteroatoms. The molecule has 1 heterocycles. The molecule has 0 atom stereocenters. The van der Waals surface area contributed by atoms with Crippen LogP contribution in [0.2, 0.25) is 5.02 Å². The molecule has 1 aliphatic heterocycles. The lowest BCUT2D eigenvalue weighted by molar-refractivity contribution is -0.137. The maximum atomic E-state index is 12.6. The second-order valence-electron chi connectivity index (χ2n) is 6.76. The summed E-state index contributed by atoms with van der Waals surface area (Å²) in [6.45, 7) is 2.35. The number of esters is 2. The summed E-state index contributed by atoms with van der Waals surface area (Å²) in [5, 5.41) is 0.606. The zero-order valence-corrected chi connectivity index (χ0v) is 17.3. The summed E-state index contributed by atoms with van der Waals surface area (Å²) in [4.78, 5) is 27.0. The van der Waals surface area contributed by atoms with E-state index in [1.54, 1.807) is 23.4 Å². The van der Waals surface area contributed by atoms with Gasteiger partial charge in [-0.25, -0.2) is 9.59 Å². The molecule has 3 rings (SSSR count). The maximum absolute atomic E-state index is 12.6. The quantitative estimate of drug-likeness (QED) is 0.684. The van der Waals surface area contributed by atoms with E-state index in [1.165, 1.54) is 14.2 Å². The molecule has 0 bridgehead atoms. The fraction of sp³-hybridized carbons (Fsp3) is 0.217. The molecule has 0 fully saturated rings. The first-order chi connectivity index (χ1) is 13.9. The lowest BCUT2D eigenvalue weighted by atomic mass is 9.83. The number of carbonyl (C=O) groups excluding carboxylic acids is 2. The summed E-state index contributed by atoms with van der Waals surface area (Å²) >= 11 is 6.29. The molecule has 150 valence electrons. The first kappa shape index (κ1) is 20.7. The average molecular weight is 412 g/mol. The van der Waals surface area contributed by atoms with Crippen molar-refractivity contribution in [2.75, 3.05) is 14.2 Å². The van der Waals surface area contributed by atoms with Gasteiger partial charge in [0.15, 0.2) is 0 Å². The van der Waals surface area contributed by atoms with Crippen LogP contribution < -0.4 is 0 Å². The summed E-state index contributed by atoms with van der Waals surface area (Å²) in [7, 11) is 2.65. The number of hydrogen-bond donors (Lipinski definition) is 0. The third-order valence-corrected chi connectivity index (χ3v) is 5.13. The van der Waals surface area contributed by atoms with Crippen molar-refractivity contribution < 1.29 is 19.1 Å². The van der Waals surface area contributed by atoms with Gasteiger partial charge < -0.3 is 14.4 Å². The lowest BCUT2D eigenvalue weighted by Crippen LogP contribution is -2.28. The van der Waals surface area contributed by atoms with Gasteiger partial charge in [-0.15, -0.1) is 0 Å². The van der Waals surface area contributed by atoms with E-state index in [-0.39, 0.29) is 0 Å². The van der Waals surface area contributed by atoms with Crippen LogP contribution in [0.4, 0.5) is 0 Å². The smallest absolute Gasteiger partial charge is 0.336 e. The summed E-state index contributed by atoms with van der Waals surface area (Å²) in [6, 6.07) is 15.1. The Labute approximate surface area is 175 Å². The number of nitrogens with zero attached hydrogens (tertiary/aromatic N) is 1. The largest absolute Gasteiger partial charge is 0.466 e. The fourth-order valence-electron chi connectivity index (χ4n) is 3.41. The number of aryl methyl sites for hydroxylation is 1. The molecule has 2 aromatic carbocycles. The number of rotatable bonds is 5. The topological polar surface area (TPSA) is 55.8 Å². The molecular formula is C23H22ClNO4. The number of halogens is 1. The molecule has 0 spiro atoms. The Morgan fingerprint density at radius 2 is 1.59 bits per heavy atom. The van der Waals surface area contributed by atoms with Gasteiger partial charge in [0, 0.05) is 24.0 Å². The Bertz CT molecular complexity index is 962. The molecule has 0 N–H and O–H groups in total. The zero-order chi connectivity index (χ0) is 21.0. The van der Waals surface area contributed by atoms with E-state index in [0.29, 0.717) is 22.7 Å². The van der Waals surface area contributed by atoms with Crippen LogP contribution in [0.1, 0.15) is 22.6 Å². The van der Waals surface area contributed by atoms with Gasteiger partial charge in [0.05, 0.1) is 31.3 Å². The fourth-order valence-corrected chi connectivity index (χ4v) is 3.61. The molecular weight excluding hydrogens is 390 g/mol. The number of methoxy groups -OCH3 is 2. The van der Waals surface area contributed by atoms with Crippen LogP contribution in [0.3, 0.4) is 0 Å². The van der Waals surface area contributed by atoms with E-state index in [2.05, 4.69) is 0 Å².